The Balaban J connectivity index is 0.00000200. The molecule has 0 unspecified atom stereocenters. The number of rotatable bonds is 1. The molecular formula is C12H13Cl3N4O. The van der Waals surface area contributed by atoms with Crippen molar-refractivity contribution < 1.29 is 4.79 Å². The summed E-state index contributed by atoms with van der Waals surface area (Å²) in [6.45, 7) is 1.79. The van der Waals surface area contributed by atoms with E-state index in [1.54, 1.807) is 30.7 Å². The van der Waals surface area contributed by atoms with Crippen LogP contribution in [0.4, 0.5) is 0 Å². The van der Waals surface area contributed by atoms with E-state index in [4.69, 9.17) is 34.7 Å². The van der Waals surface area contributed by atoms with Gasteiger partial charge in [-0.2, -0.15) is 4.99 Å². The van der Waals surface area contributed by atoms with Gasteiger partial charge >= 0.3 is 0 Å². The molecule has 5 nitrogen and oxygen atoms in total. The second-order valence-electron chi connectivity index (χ2n) is 4.16. The Morgan fingerprint density at radius 1 is 1.30 bits per heavy atom. The first-order valence-corrected chi connectivity index (χ1v) is 6.16. The first-order valence-electron chi connectivity index (χ1n) is 5.41. The van der Waals surface area contributed by atoms with E-state index >= 15 is 0 Å². The maximum Gasteiger partial charge on any atom is 0.297 e. The highest BCUT2D eigenvalue weighted by molar-refractivity contribution is 6.39. The normalized spacial score (nSPS) is 10.2. The van der Waals surface area contributed by atoms with E-state index in [1.807, 2.05) is 0 Å². The van der Waals surface area contributed by atoms with Gasteiger partial charge in [-0.15, -0.1) is 12.4 Å². The Morgan fingerprint density at radius 3 is 2.45 bits per heavy atom. The van der Waals surface area contributed by atoms with E-state index < -0.39 is 5.91 Å². The molecule has 1 amide bonds. The molecule has 4 N–H and O–H groups in total. The molecule has 0 aliphatic carbocycles. The summed E-state index contributed by atoms with van der Waals surface area (Å²) in [7, 11) is 1.73. The quantitative estimate of drug-likeness (QED) is 0.620. The molecule has 8 heteroatoms. The summed E-state index contributed by atoms with van der Waals surface area (Å²) in [5.41, 5.74) is 12.3. The summed E-state index contributed by atoms with van der Waals surface area (Å²) in [6, 6.07) is 3.37. The molecule has 0 spiro atoms. The van der Waals surface area contributed by atoms with Gasteiger partial charge in [-0.05, 0) is 24.6 Å². The van der Waals surface area contributed by atoms with Crippen LogP contribution in [-0.2, 0) is 7.05 Å². The fourth-order valence-electron chi connectivity index (χ4n) is 2.16. The Bertz CT molecular complexity index is 717. The summed E-state index contributed by atoms with van der Waals surface area (Å²) >= 11 is 12.1. The van der Waals surface area contributed by atoms with E-state index in [1.165, 1.54) is 0 Å². The number of halogens is 3. The first kappa shape index (κ1) is 16.6. The monoisotopic (exact) mass is 334 g/mol. The Kier molecular flexibility index (Phi) is 4.91. The average Bonchev–Trinajstić information content (AvgIpc) is 2.50. The van der Waals surface area contributed by atoms with Gasteiger partial charge in [0.15, 0.2) is 5.96 Å². The van der Waals surface area contributed by atoms with Gasteiger partial charge in [0.05, 0.1) is 10.5 Å². The third-order valence-corrected chi connectivity index (χ3v) is 3.41. The number of guanidine groups is 1. The standard InChI is InChI=1S/C12H12Cl2N4O.ClH/c1-5-9-7(14)3-6(13)4-8(9)18(2)10(5)11(19)17-12(15)16;/h3-4H,1-2H3,(H4,15,16,17,19);1H. The van der Waals surface area contributed by atoms with Gasteiger partial charge in [0.1, 0.15) is 5.69 Å². The van der Waals surface area contributed by atoms with Crippen molar-refractivity contribution in [2.45, 2.75) is 6.92 Å². The zero-order valence-corrected chi connectivity index (χ0v) is 13.1. The van der Waals surface area contributed by atoms with Crippen molar-refractivity contribution in [3.63, 3.8) is 0 Å². The zero-order chi connectivity index (χ0) is 14.3. The van der Waals surface area contributed by atoms with Crippen LogP contribution in [0.1, 0.15) is 16.1 Å². The molecule has 2 aromatic rings. The van der Waals surface area contributed by atoms with Gasteiger partial charge in [-0.1, -0.05) is 23.2 Å². The van der Waals surface area contributed by atoms with Crippen LogP contribution in [0.3, 0.4) is 0 Å². The lowest BCUT2D eigenvalue weighted by Gasteiger charge is -2.01. The number of amides is 1. The molecule has 0 saturated heterocycles. The average molecular weight is 336 g/mol. The number of benzene rings is 1. The van der Waals surface area contributed by atoms with Crippen LogP contribution in [0.5, 0.6) is 0 Å². The largest absolute Gasteiger partial charge is 0.370 e. The second-order valence-corrected chi connectivity index (χ2v) is 5.00. The first-order chi connectivity index (χ1) is 8.82. The minimum absolute atomic E-state index is 0. The van der Waals surface area contributed by atoms with E-state index in [0.29, 0.717) is 21.3 Å². The molecule has 2 rings (SSSR count). The number of aryl methyl sites for hydroxylation is 2. The van der Waals surface area contributed by atoms with E-state index in [2.05, 4.69) is 4.99 Å². The molecule has 1 aromatic heterocycles. The van der Waals surface area contributed by atoms with Crippen LogP contribution in [-0.4, -0.2) is 16.4 Å². The van der Waals surface area contributed by atoms with Crippen molar-refractivity contribution in [1.29, 1.82) is 0 Å². The molecule has 0 aliphatic rings. The van der Waals surface area contributed by atoms with Gasteiger partial charge in [-0.25, -0.2) is 0 Å². The van der Waals surface area contributed by atoms with Gasteiger partial charge in [0.25, 0.3) is 5.91 Å². The van der Waals surface area contributed by atoms with Gasteiger partial charge in [-0.3, -0.25) is 4.79 Å². The summed E-state index contributed by atoms with van der Waals surface area (Å²) < 4.78 is 1.68. The zero-order valence-electron chi connectivity index (χ0n) is 10.8. The molecule has 0 radical (unpaired) electrons. The van der Waals surface area contributed by atoms with Gasteiger partial charge in [0.2, 0.25) is 0 Å². The Morgan fingerprint density at radius 2 is 1.90 bits per heavy atom. The molecule has 1 aromatic carbocycles. The lowest BCUT2D eigenvalue weighted by Crippen LogP contribution is -2.24. The number of hydrogen-bond acceptors (Lipinski definition) is 1. The number of aliphatic imine (C=N–C) groups is 1. The molecule has 0 fully saturated rings. The fourth-order valence-corrected chi connectivity index (χ4v) is 2.78. The smallest absolute Gasteiger partial charge is 0.297 e. The van der Waals surface area contributed by atoms with Crippen molar-refractivity contribution in [3.05, 3.63) is 33.4 Å². The van der Waals surface area contributed by atoms with E-state index in [9.17, 15) is 4.79 Å². The third-order valence-electron chi connectivity index (χ3n) is 2.89. The summed E-state index contributed by atoms with van der Waals surface area (Å²) in [6.07, 6.45) is 0. The lowest BCUT2D eigenvalue weighted by atomic mass is 10.1. The van der Waals surface area contributed by atoms with Crippen molar-refractivity contribution in [1.82, 2.24) is 4.57 Å². The van der Waals surface area contributed by atoms with Crippen LogP contribution >= 0.6 is 35.6 Å². The molecule has 0 atom stereocenters. The van der Waals surface area contributed by atoms with Crippen LogP contribution in [0.15, 0.2) is 17.1 Å². The number of carbonyl (C=O) groups excluding carboxylic acids is 1. The maximum absolute atomic E-state index is 12.0. The Labute approximate surface area is 131 Å². The van der Waals surface area contributed by atoms with E-state index in [0.717, 1.165) is 10.9 Å². The molecule has 20 heavy (non-hydrogen) atoms. The fraction of sp³-hybridized carbons (Fsp3) is 0.167. The number of carbonyl (C=O) groups is 1. The molecular weight excluding hydrogens is 323 g/mol. The third kappa shape index (κ3) is 2.70. The summed E-state index contributed by atoms with van der Waals surface area (Å²) in [4.78, 5) is 15.6. The number of aromatic nitrogens is 1. The minimum atomic E-state index is -0.511. The van der Waals surface area contributed by atoms with E-state index in [-0.39, 0.29) is 18.4 Å². The van der Waals surface area contributed by atoms with Crippen molar-refractivity contribution in [3.8, 4) is 0 Å². The molecule has 0 saturated carbocycles. The van der Waals surface area contributed by atoms with Crippen molar-refractivity contribution in [2.75, 3.05) is 0 Å². The highest BCUT2D eigenvalue weighted by Gasteiger charge is 2.20. The van der Waals surface area contributed by atoms with Gasteiger partial charge in [0, 0.05) is 17.5 Å². The number of nitrogens with two attached hydrogens (primary N) is 2. The number of hydrogen-bond donors (Lipinski definition) is 2. The second kappa shape index (κ2) is 5.91. The molecule has 108 valence electrons. The summed E-state index contributed by atoms with van der Waals surface area (Å²) in [5, 5.41) is 1.75. The predicted molar refractivity (Wildman–Crippen MR) is 85.1 cm³/mol. The van der Waals surface area contributed by atoms with Crippen LogP contribution < -0.4 is 11.5 Å². The van der Waals surface area contributed by atoms with Gasteiger partial charge < -0.3 is 16.0 Å². The molecule has 0 aliphatic heterocycles. The highest BCUT2D eigenvalue weighted by atomic mass is 35.5. The van der Waals surface area contributed by atoms with Crippen LogP contribution in [0.2, 0.25) is 10.0 Å². The predicted octanol–water partition coefficient (Wildman–Crippen LogP) is 2.63. The van der Waals surface area contributed by atoms with Crippen molar-refractivity contribution >= 4 is 58.4 Å². The SMILES string of the molecule is Cc1c(C(=O)N=C(N)N)n(C)c2cc(Cl)cc(Cl)c12.Cl. The van der Waals surface area contributed by atoms with Crippen molar-refractivity contribution in [2.24, 2.45) is 23.5 Å². The maximum atomic E-state index is 12.0. The Hall–Kier alpha value is -1.43. The van der Waals surface area contributed by atoms with Crippen LogP contribution in [0, 0.1) is 6.92 Å². The molecule has 0 bridgehead atoms. The highest BCUT2D eigenvalue weighted by Crippen LogP contribution is 2.33. The molecule has 1 heterocycles. The number of fused-ring (bicyclic) bond motifs is 1. The minimum Gasteiger partial charge on any atom is -0.370 e. The summed E-state index contributed by atoms with van der Waals surface area (Å²) in [5.74, 6) is -0.790. The van der Waals surface area contributed by atoms with Crippen LogP contribution in [0.25, 0.3) is 10.9 Å². The lowest BCUT2D eigenvalue weighted by molar-refractivity contribution is 0.0995. The number of nitrogens with zero attached hydrogens (tertiary/aromatic N) is 2. The topological polar surface area (TPSA) is 86.4 Å².